The number of halogens is 4. The Morgan fingerprint density at radius 2 is 1.83 bits per heavy atom. The molecule has 1 heterocycles. The summed E-state index contributed by atoms with van der Waals surface area (Å²) in [6, 6.07) is 5.99. The molecule has 1 saturated heterocycles. The number of amides is 1. The third-order valence-electron chi connectivity index (χ3n) is 8.00. The second-order valence-corrected chi connectivity index (χ2v) is 13.6. The molecule has 41 heavy (non-hydrogen) atoms. The number of sulfone groups is 1. The van der Waals surface area contributed by atoms with E-state index in [0.717, 1.165) is 17.7 Å². The summed E-state index contributed by atoms with van der Waals surface area (Å²) in [7, 11) is -1.99. The number of allylic oxidation sites excluding steroid dienone is 1. The van der Waals surface area contributed by atoms with Gasteiger partial charge in [-0.2, -0.15) is 13.2 Å². The van der Waals surface area contributed by atoms with Crippen LogP contribution >= 0.6 is 0 Å². The molecule has 4 rings (SSSR count). The van der Waals surface area contributed by atoms with E-state index >= 15 is 0 Å². The van der Waals surface area contributed by atoms with Crippen LogP contribution in [0, 0.1) is 12.7 Å². The number of nitrogens with zero attached hydrogens (tertiary/aromatic N) is 1. The largest absolute Gasteiger partial charge is 0.496 e. The first-order valence-corrected chi connectivity index (χ1v) is 15.4. The predicted molar refractivity (Wildman–Crippen MR) is 148 cm³/mol. The molecule has 0 aromatic heterocycles. The maximum Gasteiger partial charge on any atom is 0.416 e. The van der Waals surface area contributed by atoms with Gasteiger partial charge in [-0.15, -0.1) is 0 Å². The molecule has 1 fully saturated rings. The zero-order valence-electron chi connectivity index (χ0n) is 23.9. The highest BCUT2D eigenvalue weighted by atomic mass is 32.2. The number of hydrogen-bond acceptors (Lipinski definition) is 5. The summed E-state index contributed by atoms with van der Waals surface area (Å²) >= 11 is 0. The van der Waals surface area contributed by atoms with Crippen molar-refractivity contribution in [1.29, 1.82) is 0 Å². The molecule has 3 atom stereocenters. The Kier molecular flexibility index (Phi) is 8.51. The highest BCUT2D eigenvalue weighted by Crippen LogP contribution is 2.43. The van der Waals surface area contributed by atoms with Crippen LogP contribution in [0.2, 0.25) is 0 Å². The molecule has 1 aliphatic heterocycles. The van der Waals surface area contributed by atoms with Crippen LogP contribution in [0.15, 0.2) is 35.9 Å². The zero-order valence-corrected chi connectivity index (χ0v) is 24.7. The van der Waals surface area contributed by atoms with Crippen molar-refractivity contribution < 1.29 is 40.2 Å². The lowest BCUT2D eigenvalue weighted by Crippen LogP contribution is -2.36. The molecular weight excluding hydrogens is 562 g/mol. The molecule has 11 heteroatoms. The van der Waals surface area contributed by atoms with Gasteiger partial charge < -0.3 is 9.47 Å². The average molecular weight is 598 g/mol. The highest BCUT2D eigenvalue weighted by Gasteiger charge is 2.42. The Hall–Kier alpha value is -3.08. The zero-order chi connectivity index (χ0) is 30.4. The number of methoxy groups -OCH3 is 1. The lowest BCUT2D eigenvalue weighted by Gasteiger charge is -2.31. The summed E-state index contributed by atoms with van der Waals surface area (Å²) in [5.74, 6) is -0.239. The van der Waals surface area contributed by atoms with Gasteiger partial charge in [0.1, 0.15) is 17.7 Å². The normalized spacial score (nSPS) is 22.0. The minimum absolute atomic E-state index is 0.00728. The van der Waals surface area contributed by atoms with Crippen LogP contribution in [-0.2, 0) is 20.8 Å². The van der Waals surface area contributed by atoms with Crippen LogP contribution in [0.4, 0.5) is 22.4 Å². The van der Waals surface area contributed by atoms with Crippen molar-refractivity contribution in [3.63, 3.8) is 0 Å². The second kappa shape index (κ2) is 11.3. The van der Waals surface area contributed by atoms with E-state index in [2.05, 4.69) is 0 Å². The fourth-order valence-corrected chi connectivity index (χ4v) is 6.81. The number of aryl methyl sites for hydroxylation is 1. The van der Waals surface area contributed by atoms with E-state index in [4.69, 9.17) is 9.47 Å². The molecule has 0 saturated carbocycles. The molecule has 2 aromatic carbocycles. The molecule has 1 amide bonds. The van der Waals surface area contributed by atoms with Crippen molar-refractivity contribution in [1.82, 2.24) is 4.90 Å². The van der Waals surface area contributed by atoms with Crippen molar-refractivity contribution >= 4 is 21.5 Å². The van der Waals surface area contributed by atoms with Gasteiger partial charge in [0, 0.05) is 24.4 Å². The van der Waals surface area contributed by atoms with Gasteiger partial charge >= 0.3 is 12.3 Å². The summed E-state index contributed by atoms with van der Waals surface area (Å²) in [5, 5.41) is -0.673. The molecule has 0 bridgehead atoms. The van der Waals surface area contributed by atoms with Crippen LogP contribution in [0.25, 0.3) is 5.57 Å². The van der Waals surface area contributed by atoms with Crippen molar-refractivity contribution in [3.05, 3.63) is 69.5 Å². The van der Waals surface area contributed by atoms with Gasteiger partial charge in [-0.25, -0.2) is 17.6 Å². The Morgan fingerprint density at radius 3 is 2.41 bits per heavy atom. The van der Waals surface area contributed by atoms with Crippen molar-refractivity contribution in [2.24, 2.45) is 0 Å². The molecule has 0 spiro atoms. The third kappa shape index (κ3) is 6.39. The number of hydrogen-bond donors (Lipinski definition) is 0. The lowest BCUT2D eigenvalue weighted by atomic mass is 9.84. The smallest absolute Gasteiger partial charge is 0.416 e. The van der Waals surface area contributed by atoms with E-state index in [1.54, 1.807) is 26.0 Å². The molecule has 6 nitrogen and oxygen atoms in total. The molecule has 0 radical (unpaired) electrons. The quantitative estimate of drug-likeness (QED) is 0.315. The van der Waals surface area contributed by atoms with Crippen molar-refractivity contribution in [2.45, 2.75) is 76.4 Å². The summed E-state index contributed by atoms with van der Waals surface area (Å²) < 4.78 is 91.4. The summed E-state index contributed by atoms with van der Waals surface area (Å²) in [5.41, 5.74) is 2.32. The summed E-state index contributed by atoms with van der Waals surface area (Å²) in [6.07, 6.45) is -4.18. The van der Waals surface area contributed by atoms with Crippen molar-refractivity contribution in [2.75, 3.05) is 19.9 Å². The minimum atomic E-state index is -4.56. The Balaban J connectivity index is 1.77. The molecule has 1 aliphatic carbocycles. The number of ether oxygens (including phenoxy) is 2. The van der Waals surface area contributed by atoms with E-state index < -0.39 is 50.9 Å². The van der Waals surface area contributed by atoms with Crippen LogP contribution in [0.3, 0.4) is 0 Å². The molecule has 2 aliphatic rings. The van der Waals surface area contributed by atoms with Crippen LogP contribution in [-0.4, -0.2) is 50.6 Å². The average Bonchev–Trinajstić information content (AvgIpc) is 3.15. The monoisotopic (exact) mass is 597 g/mol. The number of carbonyl (C=O) groups excluding carboxylic acids is 1. The first kappa shape index (κ1) is 30.9. The van der Waals surface area contributed by atoms with Crippen LogP contribution in [0.1, 0.15) is 79.9 Å². The molecule has 1 unspecified atom stereocenters. The number of benzene rings is 2. The molecule has 224 valence electrons. The standard InChI is InChI=1S/C30H35F4NO5S/c1-16(2)24-13-25(27(39-5)14-26(24)31)23-8-7-22(41(6,37)38)12-20(23)15-35-18(4)28(40-29(35)36)19-9-17(3)10-21(11-19)30(32,33)34/h9-11,13-14,16,18,22,28H,7-8,12,15H2,1-6H3/t18-,22?,28-/m0/s1. The van der Waals surface area contributed by atoms with Crippen molar-refractivity contribution in [3.8, 4) is 5.75 Å². The van der Waals surface area contributed by atoms with Gasteiger partial charge in [-0.1, -0.05) is 25.5 Å². The molecule has 0 N–H and O–H groups in total. The SMILES string of the molecule is COc1cc(F)c(C(C)C)cc1C1=C(CN2C(=O)O[C@H](c3cc(C)cc(C(F)(F)F)c3)[C@@H]2C)CC(S(C)(=O)=O)CC1. The van der Waals surface area contributed by atoms with E-state index in [1.807, 2.05) is 13.8 Å². The van der Waals surface area contributed by atoms with Crippen LogP contribution in [0.5, 0.6) is 5.75 Å². The molecular formula is C30H35F4NO5S. The van der Waals surface area contributed by atoms with E-state index in [0.29, 0.717) is 40.9 Å². The number of cyclic esters (lactones) is 1. The van der Waals surface area contributed by atoms with Gasteiger partial charge in [0.05, 0.1) is 24.0 Å². The van der Waals surface area contributed by atoms with Gasteiger partial charge in [-0.05, 0) is 79.5 Å². The Morgan fingerprint density at radius 1 is 1.15 bits per heavy atom. The number of carbonyl (C=O) groups is 1. The van der Waals surface area contributed by atoms with Crippen LogP contribution < -0.4 is 4.74 Å². The fraction of sp³-hybridized carbons (Fsp3) is 0.500. The fourth-order valence-electron chi connectivity index (χ4n) is 5.76. The number of rotatable bonds is 7. The second-order valence-electron chi connectivity index (χ2n) is 11.3. The van der Waals surface area contributed by atoms with Gasteiger partial charge in [0.25, 0.3) is 0 Å². The van der Waals surface area contributed by atoms with E-state index in [9.17, 15) is 30.8 Å². The Labute approximate surface area is 238 Å². The maximum atomic E-state index is 14.8. The van der Waals surface area contributed by atoms with E-state index in [1.165, 1.54) is 24.3 Å². The lowest BCUT2D eigenvalue weighted by molar-refractivity contribution is -0.137. The topological polar surface area (TPSA) is 72.9 Å². The minimum Gasteiger partial charge on any atom is -0.496 e. The summed E-state index contributed by atoms with van der Waals surface area (Å²) in [6.45, 7) is 6.97. The highest BCUT2D eigenvalue weighted by molar-refractivity contribution is 7.91. The summed E-state index contributed by atoms with van der Waals surface area (Å²) in [4.78, 5) is 14.5. The maximum absolute atomic E-state index is 14.8. The Bertz CT molecular complexity index is 1480. The molecule has 2 aromatic rings. The van der Waals surface area contributed by atoms with Gasteiger partial charge in [0.2, 0.25) is 0 Å². The number of alkyl halides is 3. The first-order chi connectivity index (χ1) is 19.0. The first-order valence-electron chi connectivity index (χ1n) is 13.4. The predicted octanol–water partition coefficient (Wildman–Crippen LogP) is 7.22. The van der Waals surface area contributed by atoms with Gasteiger partial charge in [-0.3, -0.25) is 4.90 Å². The van der Waals surface area contributed by atoms with E-state index in [-0.39, 0.29) is 24.4 Å². The third-order valence-corrected chi connectivity index (χ3v) is 9.61. The van der Waals surface area contributed by atoms with Gasteiger partial charge in [0.15, 0.2) is 9.84 Å².